The minimum absolute atomic E-state index is 0.292. The van der Waals surface area contributed by atoms with Crippen molar-refractivity contribution in [3.05, 3.63) is 0 Å². The molecule has 4 nitrogen and oxygen atoms in total. The smallest absolute Gasteiger partial charge is 0.153 e. The molecule has 1 heterocycles. The Kier molecular flexibility index (Phi) is 4.38. The number of thioether (sulfide) groups is 1. The van der Waals surface area contributed by atoms with E-state index in [1.54, 1.807) is 0 Å². The number of oxime groups is 1. The molecule has 1 saturated heterocycles. The van der Waals surface area contributed by atoms with Gasteiger partial charge in [-0.1, -0.05) is 5.16 Å². The molecule has 13 heavy (non-hydrogen) atoms. The van der Waals surface area contributed by atoms with E-state index in [9.17, 15) is 0 Å². The molecule has 0 aromatic heterocycles. The van der Waals surface area contributed by atoms with Gasteiger partial charge in [0.2, 0.25) is 0 Å². The fraction of sp³-hybridized carbons (Fsp3) is 0.875. The Morgan fingerprint density at radius 3 is 2.77 bits per heavy atom. The SMILES string of the molecule is CN(C/C(N)=N/O)C1CCSCC1. The highest BCUT2D eigenvalue weighted by Gasteiger charge is 2.18. The second-order valence-electron chi connectivity index (χ2n) is 3.35. The van der Waals surface area contributed by atoms with Crippen LogP contribution in [0.25, 0.3) is 0 Å². The van der Waals surface area contributed by atoms with Crippen LogP contribution in [0.4, 0.5) is 0 Å². The maximum Gasteiger partial charge on any atom is 0.153 e. The molecule has 0 aliphatic carbocycles. The Bertz CT molecular complexity index is 180. The van der Waals surface area contributed by atoms with Gasteiger partial charge >= 0.3 is 0 Å². The van der Waals surface area contributed by atoms with Crippen molar-refractivity contribution in [3.8, 4) is 0 Å². The average molecular weight is 203 g/mol. The molecule has 0 spiro atoms. The predicted molar refractivity (Wildman–Crippen MR) is 56.4 cm³/mol. The lowest BCUT2D eigenvalue weighted by Gasteiger charge is -2.30. The van der Waals surface area contributed by atoms with Crippen molar-refractivity contribution < 1.29 is 5.21 Å². The molecule has 1 rings (SSSR count). The maximum absolute atomic E-state index is 8.41. The fourth-order valence-corrected chi connectivity index (χ4v) is 2.62. The predicted octanol–water partition coefficient (Wildman–Crippen LogP) is 0.560. The van der Waals surface area contributed by atoms with Gasteiger partial charge in [-0.25, -0.2) is 0 Å². The monoisotopic (exact) mass is 203 g/mol. The summed E-state index contributed by atoms with van der Waals surface area (Å²) in [6.45, 7) is 0.561. The molecule has 0 bridgehead atoms. The van der Waals surface area contributed by atoms with E-state index >= 15 is 0 Å². The summed E-state index contributed by atoms with van der Waals surface area (Å²) in [6, 6.07) is 0.599. The van der Waals surface area contributed by atoms with Gasteiger partial charge in [0.15, 0.2) is 5.84 Å². The van der Waals surface area contributed by atoms with E-state index in [0.717, 1.165) is 0 Å². The Morgan fingerprint density at radius 2 is 2.23 bits per heavy atom. The molecule has 1 aliphatic heterocycles. The lowest BCUT2D eigenvalue weighted by molar-refractivity contribution is 0.252. The van der Waals surface area contributed by atoms with Crippen molar-refractivity contribution in [1.29, 1.82) is 0 Å². The fourth-order valence-electron chi connectivity index (χ4n) is 1.54. The van der Waals surface area contributed by atoms with Crippen molar-refractivity contribution >= 4 is 17.6 Å². The van der Waals surface area contributed by atoms with Crippen LogP contribution in [0.3, 0.4) is 0 Å². The normalized spacial score (nSPS) is 20.9. The first-order valence-corrected chi connectivity index (χ1v) is 5.64. The largest absolute Gasteiger partial charge is 0.409 e. The van der Waals surface area contributed by atoms with Crippen LogP contribution in [0.2, 0.25) is 0 Å². The van der Waals surface area contributed by atoms with Gasteiger partial charge in [0.25, 0.3) is 0 Å². The van der Waals surface area contributed by atoms with Crippen LogP contribution in [0.1, 0.15) is 12.8 Å². The minimum Gasteiger partial charge on any atom is -0.409 e. The summed E-state index contributed by atoms with van der Waals surface area (Å²) in [5.74, 6) is 2.75. The van der Waals surface area contributed by atoms with E-state index in [4.69, 9.17) is 10.9 Å². The molecule has 0 atom stereocenters. The topological polar surface area (TPSA) is 61.8 Å². The third-order valence-corrected chi connectivity index (χ3v) is 3.40. The number of nitrogens with zero attached hydrogens (tertiary/aromatic N) is 2. The molecular formula is C8H17N3OS. The standard InChI is InChI=1S/C8H17N3OS/c1-11(6-8(9)10-12)7-2-4-13-5-3-7/h7,12H,2-6H2,1H3,(H2,9,10). The summed E-state index contributed by atoms with van der Waals surface area (Å²) in [6.07, 6.45) is 2.42. The number of hydrogen-bond acceptors (Lipinski definition) is 4. The molecule has 0 aromatic rings. The van der Waals surface area contributed by atoms with Crippen LogP contribution in [-0.2, 0) is 0 Å². The van der Waals surface area contributed by atoms with Crippen molar-refractivity contribution in [2.24, 2.45) is 10.9 Å². The first-order chi connectivity index (χ1) is 6.24. The van der Waals surface area contributed by atoms with E-state index in [1.165, 1.54) is 24.3 Å². The number of hydrogen-bond donors (Lipinski definition) is 2. The van der Waals surface area contributed by atoms with Gasteiger partial charge in [-0.3, -0.25) is 4.90 Å². The van der Waals surface area contributed by atoms with Gasteiger partial charge in [0.05, 0.1) is 6.54 Å². The highest BCUT2D eigenvalue weighted by molar-refractivity contribution is 7.99. The summed E-state index contributed by atoms with van der Waals surface area (Å²) >= 11 is 2.00. The van der Waals surface area contributed by atoms with Crippen molar-refractivity contribution in [1.82, 2.24) is 4.90 Å². The summed E-state index contributed by atoms with van der Waals surface area (Å²) in [7, 11) is 2.03. The zero-order valence-corrected chi connectivity index (χ0v) is 8.76. The first-order valence-electron chi connectivity index (χ1n) is 4.48. The van der Waals surface area contributed by atoms with Gasteiger partial charge in [-0.2, -0.15) is 11.8 Å². The van der Waals surface area contributed by atoms with E-state index in [1.807, 2.05) is 18.8 Å². The van der Waals surface area contributed by atoms with Crippen LogP contribution in [0.15, 0.2) is 5.16 Å². The average Bonchev–Trinajstić information content (AvgIpc) is 2.19. The van der Waals surface area contributed by atoms with Gasteiger partial charge in [-0.05, 0) is 31.4 Å². The Balaban J connectivity index is 2.32. The van der Waals surface area contributed by atoms with Crippen LogP contribution in [-0.4, -0.2) is 47.1 Å². The van der Waals surface area contributed by atoms with Crippen molar-refractivity contribution in [2.45, 2.75) is 18.9 Å². The van der Waals surface area contributed by atoms with Crippen LogP contribution >= 0.6 is 11.8 Å². The van der Waals surface area contributed by atoms with Crippen molar-refractivity contribution in [2.75, 3.05) is 25.1 Å². The van der Waals surface area contributed by atoms with Gasteiger partial charge in [0.1, 0.15) is 0 Å². The maximum atomic E-state index is 8.41. The van der Waals surface area contributed by atoms with Crippen LogP contribution < -0.4 is 5.73 Å². The highest BCUT2D eigenvalue weighted by atomic mass is 32.2. The molecule has 0 amide bonds. The van der Waals surface area contributed by atoms with Crippen LogP contribution in [0.5, 0.6) is 0 Å². The number of rotatable bonds is 3. The Morgan fingerprint density at radius 1 is 1.62 bits per heavy atom. The van der Waals surface area contributed by atoms with Gasteiger partial charge < -0.3 is 10.9 Å². The molecule has 0 unspecified atom stereocenters. The Labute approximate surface area is 83.2 Å². The van der Waals surface area contributed by atoms with Crippen LogP contribution in [0, 0.1) is 0 Å². The van der Waals surface area contributed by atoms with Crippen molar-refractivity contribution in [3.63, 3.8) is 0 Å². The van der Waals surface area contributed by atoms with E-state index in [0.29, 0.717) is 18.4 Å². The third-order valence-electron chi connectivity index (χ3n) is 2.35. The molecule has 0 saturated carbocycles. The first kappa shape index (κ1) is 10.7. The molecule has 0 aromatic carbocycles. The Hall–Kier alpha value is -0.420. The number of nitrogens with two attached hydrogens (primary N) is 1. The molecule has 0 radical (unpaired) electrons. The highest BCUT2D eigenvalue weighted by Crippen LogP contribution is 2.20. The number of likely N-dealkylation sites (N-methyl/N-ethyl adjacent to an activating group) is 1. The molecule has 76 valence electrons. The second-order valence-corrected chi connectivity index (χ2v) is 4.57. The summed E-state index contributed by atoms with van der Waals surface area (Å²) < 4.78 is 0. The number of amidine groups is 1. The lowest BCUT2D eigenvalue weighted by atomic mass is 10.1. The summed E-state index contributed by atoms with van der Waals surface area (Å²) in [5.41, 5.74) is 5.43. The van der Waals surface area contributed by atoms with E-state index in [2.05, 4.69) is 10.1 Å². The molecule has 1 fully saturated rings. The molecule has 3 N–H and O–H groups in total. The zero-order chi connectivity index (χ0) is 9.68. The minimum atomic E-state index is 0.292. The van der Waals surface area contributed by atoms with Gasteiger partial charge in [-0.15, -0.1) is 0 Å². The van der Waals surface area contributed by atoms with E-state index < -0.39 is 0 Å². The zero-order valence-electron chi connectivity index (χ0n) is 7.94. The molecule has 1 aliphatic rings. The van der Waals surface area contributed by atoms with E-state index in [-0.39, 0.29) is 0 Å². The molecular weight excluding hydrogens is 186 g/mol. The third kappa shape index (κ3) is 3.44. The lowest BCUT2D eigenvalue weighted by Crippen LogP contribution is -2.40. The second kappa shape index (κ2) is 5.34. The summed E-state index contributed by atoms with van der Waals surface area (Å²) in [5, 5.41) is 11.4. The quantitative estimate of drug-likeness (QED) is 0.304. The molecule has 5 heteroatoms. The summed E-state index contributed by atoms with van der Waals surface area (Å²) in [4.78, 5) is 2.16. The van der Waals surface area contributed by atoms with Gasteiger partial charge in [0, 0.05) is 6.04 Å².